The smallest absolute Gasteiger partial charge is 0.389 e. The van der Waals surface area contributed by atoms with Crippen molar-refractivity contribution in [3.8, 4) is 0 Å². The maximum absolute atomic E-state index is 12.0. The molecule has 1 aromatic rings. The van der Waals surface area contributed by atoms with Gasteiger partial charge in [0.2, 0.25) is 0 Å². The van der Waals surface area contributed by atoms with E-state index in [1.807, 2.05) is 0 Å². The maximum Gasteiger partial charge on any atom is 0.389 e. The Morgan fingerprint density at radius 3 is 2.38 bits per heavy atom. The lowest BCUT2D eigenvalue weighted by atomic mass is 10.3. The zero-order valence-electron chi connectivity index (χ0n) is 11.0. The normalized spacial score (nSPS) is 12.4. The number of nitrogen functional groups attached to an aromatic ring is 1. The van der Waals surface area contributed by atoms with Crippen LogP contribution in [0.3, 0.4) is 0 Å². The predicted octanol–water partition coefficient (Wildman–Crippen LogP) is 1.59. The van der Waals surface area contributed by atoms with E-state index >= 15 is 0 Å². The second-order valence-electron chi connectivity index (χ2n) is 4.29. The minimum Gasteiger partial charge on any atom is -0.396 e. The van der Waals surface area contributed by atoms with Crippen LogP contribution in [0, 0.1) is 0 Å². The number of carbonyl (C=O) groups is 1. The highest BCUT2D eigenvalue weighted by Crippen LogP contribution is 2.39. The first-order valence-electron chi connectivity index (χ1n) is 5.66. The van der Waals surface area contributed by atoms with Crippen molar-refractivity contribution in [2.75, 3.05) is 23.9 Å². The number of alkyl halides is 3. The van der Waals surface area contributed by atoms with Crippen molar-refractivity contribution >= 4 is 37.8 Å². The van der Waals surface area contributed by atoms with Gasteiger partial charge in [-0.2, -0.15) is 13.2 Å². The molecule has 0 atom stereocenters. The van der Waals surface area contributed by atoms with Crippen molar-refractivity contribution in [1.82, 2.24) is 0 Å². The molecule has 11 heteroatoms. The molecular weight excluding hydrogens is 331 g/mol. The highest BCUT2D eigenvalue weighted by atomic mass is 32.2. The Labute approximate surface area is 123 Å². The molecule has 1 rings (SSSR count). The van der Waals surface area contributed by atoms with Crippen molar-refractivity contribution in [3.63, 3.8) is 0 Å². The van der Waals surface area contributed by atoms with E-state index in [1.165, 1.54) is 0 Å². The van der Waals surface area contributed by atoms with E-state index in [0.717, 1.165) is 6.26 Å². The minimum absolute atomic E-state index is 0.0194. The lowest BCUT2D eigenvalue weighted by molar-refractivity contribution is -0.134. The lowest BCUT2D eigenvalue weighted by Crippen LogP contribution is -2.12. The highest BCUT2D eigenvalue weighted by molar-refractivity contribution is 7.91. The fourth-order valence-corrected chi connectivity index (χ4v) is 4.03. The molecule has 5 N–H and O–H groups in total. The Morgan fingerprint density at radius 2 is 1.95 bits per heavy atom. The van der Waals surface area contributed by atoms with Crippen LogP contribution in [0.1, 0.15) is 22.5 Å². The minimum atomic E-state index is -4.28. The molecule has 6 nitrogen and oxygen atoms in total. The summed E-state index contributed by atoms with van der Waals surface area (Å²) in [5, 5.41) is 2.58. The van der Waals surface area contributed by atoms with Crippen LogP contribution in [-0.2, 0) is 9.84 Å². The molecule has 21 heavy (non-hydrogen) atoms. The van der Waals surface area contributed by atoms with Gasteiger partial charge in [-0.15, -0.1) is 11.3 Å². The summed E-state index contributed by atoms with van der Waals surface area (Å²) in [5.41, 5.74) is 10.4. The zero-order valence-corrected chi connectivity index (χ0v) is 12.6. The molecule has 0 unspecified atom stereocenters. The molecular formula is C10H14F3N3O3S2. The number of amides is 1. The first-order valence-corrected chi connectivity index (χ1v) is 8.37. The molecule has 0 bridgehead atoms. The molecule has 0 aliphatic heterocycles. The molecule has 0 fully saturated rings. The van der Waals surface area contributed by atoms with Crippen LogP contribution in [-0.4, -0.2) is 33.3 Å². The summed E-state index contributed by atoms with van der Waals surface area (Å²) >= 11 is 0.708. The van der Waals surface area contributed by atoms with Gasteiger partial charge in [0.15, 0.2) is 9.84 Å². The van der Waals surface area contributed by atoms with Crippen molar-refractivity contribution in [3.05, 3.63) is 4.88 Å². The summed E-state index contributed by atoms with van der Waals surface area (Å²) in [7, 11) is -3.75. The molecule has 0 radical (unpaired) electrons. The van der Waals surface area contributed by atoms with Gasteiger partial charge in [0.1, 0.15) is 14.8 Å². The molecule has 0 saturated carbocycles. The van der Waals surface area contributed by atoms with Crippen LogP contribution in [0.15, 0.2) is 4.90 Å². The lowest BCUT2D eigenvalue weighted by Gasteiger charge is -2.08. The molecule has 0 spiro atoms. The summed E-state index contributed by atoms with van der Waals surface area (Å²) < 4.78 is 59.4. The van der Waals surface area contributed by atoms with E-state index in [-0.39, 0.29) is 33.4 Å². The average molecular weight is 345 g/mol. The molecule has 1 aromatic heterocycles. The third-order valence-electron chi connectivity index (χ3n) is 2.42. The number of anilines is 2. The Morgan fingerprint density at radius 1 is 1.38 bits per heavy atom. The van der Waals surface area contributed by atoms with Crippen molar-refractivity contribution in [1.29, 1.82) is 0 Å². The molecule has 120 valence electrons. The van der Waals surface area contributed by atoms with Crippen LogP contribution in [0.4, 0.5) is 23.9 Å². The van der Waals surface area contributed by atoms with E-state index < -0.39 is 28.3 Å². The topological polar surface area (TPSA) is 115 Å². The van der Waals surface area contributed by atoms with Crippen LogP contribution in [0.2, 0.25) is 0 Å². The summed E-state index contributed by atoms with van der Waals surface area (Å²) in [5.74, 6) is -0.897. The first kappa shape index (κ1) is 17.6. The van der Waals surface area contributed by atoms with Crippen molar-refractivity contribution in [2.45, 2.75) is 23.9 Å². The second kappa shape index (κ2) is 6.10. The number of hydrogen-bond donors (Lipinski definition) is 3. The van der Waals surface area contributed by atoms with Gasteiger partial charge >= 0.3 is 6.18 Å². The molecule has 0 aromatic carbocycles. The average Bonchev–Trinajstić information content (AvgIpc) is 2.60. The fraction of sp³-hybridized carbons (Fsp3) is 0.500. The summed E-state index contributed by atoms with van der Waals surface area (Å²) in [6.07, 6.45) is -4.64. The SMILES string of the molecule is CS(=O)(=O)c1c(NCCCC(F)(F)F)sc(C(N)=O)c1N. The van der Waals surface area contributed by atoms with E-state index in [1.54, 1.807) is 0 Å². The number of rotatable bonds is 6. The maximum atomic E-state index is 12.0. The summed E-state index contributed by atoms with van der Waals surface area (Å²) in [4.78, 5) is 10.7. The number of nitrogens with two attached hydrogens (primary N) is 2. The Balaban J connectivity index is 2.96. The third-order valence-corrected chi connectivity index (χ3v) is 4.89. The Kier molecular flexibility index (Phi) is 5.10. The van der Waals surface area contributed by atoms with E-state index in [4.69, 9.17) is 11.5 Å². The number of hydrogen-bond acceptors (Lipinski definition) is 6. The van der Waals surface area contributed by atoms with Gasteiger partial charge in [-0.05, 0) is 6.42 Å². The van der Waals surface area contributed by atoms with E-state index in [0.29, 0.717) is 11.3 Å². The van der Waals surface area contributed by atoms with Gasteiger partial charge in [0.05, 0.1) is 5.69 Å². The standard InChI is InChI=1S/C10H14F3N3O3S2/c1-21(18,19)7-5(14)6(8(15)17)20-9(7)16-4-2-3-10(11,12)13/h16H,2-4,14H2,1H3,(H2,15,17). The van der Waals surface area contributed by atoms with Gasteiger partial charge in [-0.25, -0.2) is 8.42 Å². The number of thiophene rings is 1. The molecule has 1 heterocycles. The number of nitrogens with one attached hydrogen (secondary N) is 1. The van der Waals surface area contributed by atoms with Gasteiger partial charge in [0.25, 0.3) is 5.91 Å². The molecule has 0 aliphatic carbocycles. The van der Waals surface area contributed by atoms with Gasteiger partial charge < -0.3 is 16.8 Å². The van der Waals surface area contributed by atoms with Gasteiger partial charge in [-0.3, -0.25) is 4.79 Å². The Bertz CT molecular complexity index is 638. The van der Waals surface area contributed by atoms with E-state index in [9.17, 15) is 26.4 Å². The number of halogens is 3. The Hall–Kier alpha value is -1.49. The van der Waals surface area contributed by atoms with Crippen LogP contribution in [0.25, 0.3) is 0 Å². The highest BCUT2D eigenvalue weighted by Gasteiger charge is 2.28. The quantitative estimate of drug-likeness (QED) is 0.677. The fourth-order valence-electron chi connectivity index (χ4n) is 1.59. The zero-order chi connectivity index (χ0) is 16.4. The van der Waals surface area contributed by atoms with Crippen LogP contribution >= 0.6 is 11.3 Å². The van der Waals surface area contributed by atoms with Gasteiger partial charge in [-0.1, -0.05) is 0 Å². The van der Waals surface area contributed by atoms with Crippen molar-refractivity contribution in [2.24, 2.45) is 5.73 Å². The number of carbonyl (C=O) groups excluding carboxylic acids is 1. The largest absolute Gasteiger partial charge is 0.396 e. The third kappa shape index (κ3) is 4.77. The summed E-state index contributed by atoms with van der Waals surface area (Å²) in [6, 6.07) is 0. The molecule has 0 saturated heterocycles. The van der Waals surface area contributed by atoms with Crippen molar-refractivity contribution < 1.29 is 26.4 Å². The first-order chi connectivity index (χ1) is 9.43. The molecule has 1 amide bonds. The van der Waals surface area contributed by atoms with Crippen LogP contribution < -0.4 is 16.8 Å². The monoisotopic (exact) mass is 345 g/mol. The number of sulfone groups is 1. The molecule has 0 aliphatic rings. The van der Waals surface area contributed by atoms with Gasteiger partial charge in [0, 0.05) is 19.2 Å². The summed E-state index contributed by atoms with van der Waals surface area (Å²) in [6.45, 7) is -0.111. The second-order valence-corrected chi connectivity index (χ2v) is 7.26. The predicted molar refractivity (Wildman–Crippen MR) is 74.1 cm³/mol. The van der Waals surface area contributed by atoms with E-state index in [2.05, 4.69) is 5.32 Å². The van der Waals surface area contributed by atoms with Crippen LogP contribution in [0.5, 0.6) is 0 Å². The number of primary amides is 1.